The van der Waals surface area contributed by atoms with Crippen molar-refractivity contribution in [1.29, 1.82) is 0 Å². The van der Waals surface area contributed by atoms with Gasteiger partial charge in [-0.2, -0.15) is 0 Å². The Morgan fingerprint density at radius 2 is 2.10 bits per heavy atom. The van der Waals surface area contributed by atoms with Gasteiger partial charge in [-0.25, -0.2) is 9.59 Å². The second kappa shape index (κ2) is 6.47. The zero-order valence-electron chi connectivity index (χ0n) is 11.0. The summed E-state index contributed by atoms with van der Waals surface area (Å²) in [5, 5.41) is 12.1. The number of thioether (sulfide) groups is 1. The zero-order chi connectivity index (χ0) is 14.5. The maximum absolute atomic E-state index is 11.7. The monoisotopic (exact) mass is 293 g/mol. The van der Waals surface area contributed by atoms with E-state index in [-0.39, 0.29) is 12.3 Å². The van der Waals surface area contributed by atoms with Crippen molar-refractivity contribution in [1.82, 2.24) is 5.32 Å². The lowest BCUT2D eigenvalue weighted by atomic mass is 10.1. The summed E-state index contributed by atoms with van der Waals surface area (Å²) in [5.74, 6) is -1.06. The van der Waals surface area contributed by atoms with Crippen LogP contribution in [0.3, 0.4) is 0 Å². The van der Waals surface area contributed by atoms with E-state index in [0.717, 1.165) is 5.56 Å². The Kier molecular flexibility index (Phi) is 4.68. The van der Waals surface area contributed by atoms with Gasteiger partial charge in [0.25, 0.3) is 0 Å². The summed E-state index contributed by atoms with van der Waals surface area (Å²) in [6.07, 6.45) is 0. The molecular weight excluding hydrogens is 278 g/mol. The third-order valence-electron chi connectivity index (χ3n) is 2.76. The van der Waals surface area contributed by atoms with E-state index >= 15 is 0 Å². The van der Waals surface area contributed by atoms with Crippen molar-refractivity contribution in [3.8, 4) is 0 Å². The van der Waals surface area contributed by atoms with E-state index in [2.05, 4.69) is 5.32 Å². The van der Waals surface area contributed by atoms with Crippen molar-refractivity contribution in [3.63, 3.8) is 0 Å². The Balaban J connectivity index is 2.28. The first-order valence-corrected chi connectivity index (χ1v) is 7.21. The van der Waals surface area contributed by atoms with E-state index in [1.54, 1.807) is 6.92 Å². The number of hydrogen-bond donors (Lipinski definition) is 2. The van der Waals surface area contributed by atoms with Crippen LogP contribution in [0.5, 0.6) is 0 Å². The Bertz CT molecular complexity index is 541. The summed E-state index contributed by atoms with van der Waals surface area (Å²) < 4.78 is 4.92. The van der Waals surface area contributed by atoms with Gasteiger partial charge < -0.3 is 15.2 Å². The summed E-state index contributed by atoms with van der Waals surface area (Å²) in [7, 11) is 0. The van der Waals surface area contributed by atoms with Gasteiger partial charge >= 0.3 is 11.9 Å². The van der Waals surface area contributed by atoms with Gasteiger partial charge in [-0.1, -0.05) is 30.3 Å². The third kappa shape index (κ3) is 3.14. The van der Waals surface area contributed by atoms with Crippen LogP contribution < -0.4 is 5.32 Å². The highest BCUT2D eigenvalue weighted by Crippen LogP contribution is 2.34. The number of aliphatic carboxylic acids is 1. The Morgan fingerprint density at radius 1 is 1.40 bits per heavy atom. The van der Waals surface area contributed by atoms with E-state index in [4.69, 9.17) is 4.74 Å². The number of carbonyl (C=O) groups excluding carboxylic acids is 1. The summed E-state index contributed by atoms with van der Waals surface area (Å²) in [6, 6.07) is 8.63. The first kappa shape index (κ1) is 14.5. The average molecular weight is 293 g/mol. The normalized spacial score (nSPS) is 18.4. The van der Waals surface area contributed by atoms with Crippen molar-refractivity contribution in [2.45, 2.75) is 13.0 Å². The van der Waals surface area contributed by atoms with Crippen molar-refractivity contribution in [2.75, 3.05) is 12.4 Å². The molecule has 20 heavy (non-hydrogen) atoms. The molecule has 5 nitrogen and oxygen atoms in total. The highest BCUT2D eigenvalue weighted by Gasteiger charge is 2.30. The smallest absolute Gasteiger partial charge is 0.353 e. The maximum atomic E-state index is 11.7. The Labute approximate surface area is 121 Å². The molecule has 0 unspecified atom stereocenters. The van der Waals surface area contributed by atoms with E-state index < -0.39 is 18.0 Å². The highest BCUT2D eigenvalue weighted by atomic mass is 32.2. The quantitative estimate of drug-likeness (QED) is 0.823. The molecule has 6 heteroatoms. The van der Waals surface area contributed by atoms with Crippen molar-refractivity contribution in [3.05, 3.63) is 41.6 Å². The summed E-state index contributed by atoms with van der Waals surface area (Å²) in [4.78, 5) is 23.7. The van der Waals surface area contributed by atoms with E-state index in [1.807, 2.05) is 30.3 Å². The van der Waals surface area contributed by atoms with Gasteiger partial charge in [0, 0.05) is 10.7 Å². The van der Waals surface area contributed by atoms with Gasteiger partial charge in [0.15, 0.2) is 0 Å². The van der Waals surface area contributed by atoms with Gasteiger partial charge in [0.2, 0.25) is 0 Å². The number of carboxylic acids is 1. The molecule has 0 fully saturated rings. The average Bonchev–Trinajstić information content (AvgIpc) is 2.47. The largest absolute Gasteiger partial charge is 0.477 e. The number of carbonyl (C=O) groups is 2. The number of benzene rings is 1. The van der Waals surface area contributed by atoms with Gasteiger partial charge in [0.05, 0.1) is 6.61 Å². The second-order valence-corrected chi connectivity index (χ2v) is 5.17. The molecule has 1 aromatic rings. The first-order valence-electron chi connectivity index (χ1n) is 6.22. The number of rotatable bonds is 4. The van der Waals surface area contributed by atoms with Crippen LogP contribution in [0.15, 0.2) is 36.0 Å². The second-order valence-electron chi connectivity index (χ2n) is 4.14. The molecule has 0 aliphatic carbocycles. The van der Waals surface area contributed by atoms with Gasteiger partial charge in [0.1, 0.15) is 11.7 Å². The third-order valence-corrected chi connectivity index (χ3v) is 3.99. The highest BCUT2D eigenvalue weighted by molar-refractivity contribution is 8.08. The molecule has 1 aromatic carbocycles. The minimum atomic E-state index is -1.08. The number of esters is 1. The molecular formula is C14H15NO4S. The van der Waals surface area contributed by atoms with E-state index in [0.29, 0.717) is 10.7 Å². The molecule has 1 aliphatic heterocycles. The number of hydrogen-bond acceptors (Lipinski definition) is 5. The summed E-state index contributed by atoms with van der Waals surface area (Å²) in [6.45, 7) is 2.00. The van der Waals surface area contributed by atoms with Crippen LogP contribution in [-0.4, -0.2) is 35.4 Å². The molecule has 0 saturated carbocycles. The molecule has 2 N–H and O–H groups in total. The van der Waals surface area contributed by atoms with E-state index in [1.165, 1.54) is 11.8 Å². The molecule has 0 saturated heterocycles. The number of nitrogens with one attached hydrogen (secondary N) is 1. The maximum Gasteiger partial charge on any atom is 0.353 e. The molecule has 0 amide bonds. The lowest BCUT2D eigenvalue weighted by Gasteiger charge is -2.25. The number of ether oxygens (including phenoxy) is 1. The predicted octanol–water partition coefficient (Wildman–Crippen LogP) is 1.71. The van der Waals surface area contributed by atoms with Gasteiger partial charge in [-0.15, -0.1) is 11.8 Å². The van der Waals surface area contributed by atoms with Crippen LogP contribution in [0.1, 0.15) is 12.5 Å². The predicted molar refractivity (Wildman–Crippen MR) is 77.0 cm³/mol. The molecule has 0 radical (unpaired) electrons. The van der Waals surface area contributed by atoms with Crippen LogP contribution in [0.4, 0.5) is 0 Å². The minimum Gasteiger partial charge on any atom is -0.477 e. The SMILES string of the molecule is CCOC(=O)[C@@H]1CSC(c2ccccc2)=C(C(=O)O)N1. The topological polar surface area (TPSA) is 75.6 Å². The molecule has 0 bridgehead atoms. The molecule has 0 aromatic heterocycles. The van der Waals surface area contributed by atoms with Crippen LogP contribution in [0.2, 0.25) is 0 Å². The molecule has 1 heterocycles. The van der Waals surface area contributed by atoms with Crippen molar-refractivity contribution < 1.29 is 19.4 Å². The molecule has 0 spiro atoms. The Hall–Kier alpha value is -1.95. The molecule has 2 rings (SSSR count). The zero-order valence-corrected chi connectivity index (χ0v) is 11.8. The molecule has 1 aliphatic rings. The lowest BCUT2D eigenvalue weighted by Crippen LogP contribution is -2.43. The van der Waals surface area contributed by atoms with Gasteiger partial charge in [-0.3, -0.25) is 0 Å². The van der Waals surface area contributed by atoms with Gasteiger partial charge in [-0.05, 0) is 12.5 Å². The number of carboxylic acid groups (broad SMARTS) is 1. The fourth-order valence-electron chi connectivity index (χ4n) is 1.87. The molecule has 1 atom stereocenters. The van der Waals surface area contributed by atoms with Crippen LogP contribution in [0.25, 0.3) is 4.91 Å². The lowest BCUT2D eigenvalue weighted by molar-refractivity contribution is -0.144. The fourth-order valence-corrected chi connectivity index (χ4v) is 3.01. The summed E-state index contributed by atoms with van der Waals surface area (Å²) >= 11 is 1.35. The Morgan fingerprint density at radius 3 is 2.70 bits per heavy atom. The van der Waals surface area contributed by atoms with E-state index in [9.17, 15) is 14.7 Å². The van der Waals surface area contributed by atoms with Crippen LogP contribution >= 0.6 is 11.8 Å². The minimum absolute atomic E-state index is 0.0468. The van der Waals surface area contributed by atoms with Crippen molar-refractivity contribution in [2.24, 2.45) is 0 Å². The standard InChI is InChI=1S/C14H15NO4S/c1-2-19-14(18)10-8-20-12(11(15-10)13(16)17)9-6-4-3-5-7-9/h3-7,10,15H,2,8H2,1H3,(H,16,17)/t10-/m0/s1. The fraction of sp³-hybridized carbons (Fsp3) is 0.286. The summed E-state index contributed by atoms with van der Waals surface area (Å²) in [5.41, 5.74) is 0.871. The van der Waals surface area contributed by atoms with Crippen molar-refractivity contribution >= 4 is 28.6 Å². The molecule has 106 valence electrons. The van der Waals surface area contributed by atoms with Crippen LogP contribution in [-0.2, 0) is 14.3 Å². The van der Waals surface area contributed by atoms with Crippen LogP contribution in [0, 0.1) is 0 Å². The first-order chi connectivity index (χ1) is 9.63.